The van der Waals surface area contributed by atoms with Gasteiger partial charge in [0.1, 0.15) is 10.7 Å². The van der Waals surface area contributed by atoms with E-state index in [1.165, 1.54) is 11.3 Å². The highest BCUT2D eigenvalue weighted by Gasteiger charge is 2.15. The lowest BCUT2D eigenvalue weighted by Crippen LogP contribution is -2.16. The fourth-order valence-electron chi connectivity index (χ4n) is 2.64. The van der Waals surface area contributed by atoms with Gasteiger partial charge in [0, 0.05) is 25.0 Å². The van der Waals surface area contributed by atoms with E-state index in [2.05, 4.69) is 10.3 Å². The lowest BCUT2D eigenvalue weighted by atomic mass is 10.2. The maximum atomic E-state index is 12.6. The molecule has 0 aliphatic rings. The predicted octanol–water partition coefficient (Wildman–Crippen LogP) is 4.15. The van der Waals surface area contributed by atoms with Crippen LogP contribution >= 0.6 is 11.3 Å². The Labute approximate surface area is 162 Å². The number of methoxy groups -OCH3 is 2. The summed E-state index contributed by atoms with van der Waals surface area (Å²) in [6.45, 7) is 0. The third-order valence-corrected chi connectivity index (χ3v) is 4.89. The van der Waals surface area contributed by atoms with Gasteiger partial charge in [-0.1, -0.05) is 12.1 Å². The topological polar surface area (TPSA) is 63.7 Å². The molecule has 0 radical (unpaired) electrons. The maximum Gasteiger partial charge on any atom is 0.275 e. The molecule has 1 N–H and O–H groups in total. The summed E-state index contributed by atoms with van der Waals surface area (Å²) in [4.78, 5) is 19.1. The van der Waals surface area contributed by atoms with E-state index in [9.17, 15) is 4.79 Å². The molecule has 0 unspecified atom stereocenters. The minimum absolute atomic E-state index is 0.243. The highest BCUT2D eigenvalue weighted by Crippen LogP contribution is 2.33. The van der Waals surface area contributed by atoms with Gasteiger partial charge in [-0.3, -0.25) is 4.79 Å². The van der Waals surface area contributed by atoms with Crippen LogP contribution in [0.3, 0.4) is 0 Å². The number of benzene rings is 2. The van der Waals surface area contributed by atoms with Crippen LogP contribution in [-0.2, 0) is 0 Å². The molecular formula is C20H21N3O3S. The van der Waals surface area contributed by atoms with Crippen molar-refractivity contribution < 1.29 is 14.3 Å². The first kappa shape index (κ1) is 18.7. The Hall–Kier alpha value is -3.06. The Morgan fingerprint density at radius 1 is 1.07 bits per heavy atom. The molecule has 1 aromatic heterocycles. The number of rotatable bonds is 6. The maximum absolute atomic E-state index is 12.6. The zero-order valence-electron chi connectivity index (χ0n) is 15.6. The SMILES string of the molecule is COc1ccc(-c2nc(C(=O)Nc3ccccc3N(C)C)cs2)cc1OC. The fourth-order valence-corrected chi connectivity index (χ4v) is 3.43. The molecule has 0 saturated carbocycles. The molecule has 3 rings (SSSR count). The van der Waals surface area contributed by atoms with Crippen LogP contribution in [0.25, 0.3) is 10.6 Å². The van der Waals surface area contributed by atoms with Gasteiger partial charge in [-0.15, -0.1) is 11.3 Å². The van der Waals surface area contributed by atoms with E-state index in [0.717, 1.165) is 21.9 Å². The van der Waals surface area contributed by atoms with Gasteiger partial charge in [0.2, 0.25) is 0 Å². The van der Waals surface area contributed by atoms with Gasteiger partial charge in [-0.25, -0.2) is 4.98 Å². The molecule has 7 heteroatoms. The quantitative estimate of drug-likeness (QED) is 0.693. The van der Waals surface area contributed by atoms with Gasteiger partial charge in [0.05, 0.1) is 25.6 Å². The summed E-state index contributed by atoms with van der Waals surface area (Å²) in [5.74, 6) is 1.03. The molecule has 0 fully saturated rings. The second-order valence-electron chi connectivity index (χ2n) is 5.97. The molecule has 0 spiro atoms. The molecule has 140 valence electrons. The molecule has 0 saturated heterocycles. The Balaban J connectivity index is 1.83. The van der Waals surface area contributed by atoms with Crippen molar-refractivity contribution in [2.24, 2.45) is 0 Å². The number of carbonyl (C=O) groups excluding carboxylic acids is 1. The molecule has 6 nitrogen and oxygen atoms in total. The fraction of sp³-hybridized carbons (Fsp3) is 0.200. The third kappa shape index (κ3) is 4.03. The van der Waals surface area contributed by atoms with E-state index >= 15 is 0 Å². The normalized spacial score (nSPS) is 10.4. The van der Waals surface area contributed by atoms with Crippen LogP contribution in [0.5, 0.6) is 11.5 Å². The van der Waals surface area contributed by atoms with E-state index in [1.807, 2.05) is 61.5 Å². The number of para-hydroxylation sites is 2. The summed E-state index contributed by atoms with van der Waals surface area (Å²) in [6.07, 6.45) is 0. The Kier molecular flexibility index (Phi) is 5.61. The number of aromatic nitrogens is 1. The monoisotopic (exact) mass is 383 g/mol. The number of ether oxygens (including phenoxy) is 2. The Bertz CT molecular complexity index is 953. The number of hydrogen-bond donors (Lipinski definition) is 1. The average Bonchev–Trinajstić information content (AvgIpc) is 3.18. The third-order valence-electron chi connectivity index (χ3n) is 4.00. The van der Waals surface area contributed by atoms with Gasteiger partial charge in [-0.05, 0) is 30.3 Å². The zero-order chi connectivity index (χ0) is 19.4. The average molecular weight is 383 g/mol. The first-order chi connectivity index (χ1) is 13.0. The minimum atomic E-state index is -0.243. The van der Waals surface area contributed by atoms with Crippen molar-refractivity contribution in [1.29, 1.82) is 0 Å². The molecule has 2 aromatic carbocycles. The van der Waals surface area contributed by atoms with E-state index < -0.39 is 0 Å². The van der Waals surface area contributed by atoms with Gasteiger partial charge in [0.15, 0.2) is 11.5 Å². The van der Waals surface area contributed by atoms with Gasteiger partial charge in [-0.2, -0.15) is 0 Å². The molecule has 1 amide bonds. The molecule has 0 aliphatic carbocycles. The van der Waals surface area contributed by atoms with Gasteiger partial charge >= 0.3 is 0 Å². The summed E-state index contributed by atoms with van der Waals surface area (Å²) in [6, 6.07) is 13.2. The number of nitrogens with zero attached hydrogens (tertiary/aromatic N) is 2. The molecule has 1 heterocycles. The van der Waals surface area contributed by atoms with Gasteiger partial charge < -0.3 is 19.7 Å². The van der Waals surface area contributed by atoms with Crippen molar-refractivity contribution in [2.75, 3.05) is 38.5 Å². The molecule has 3 aromatic rings. The number of carbonyl (C=O) groups is 1. The first-order valence-corrected chi connectivity index (χ1v) is 9.17. The lowest BCUT2D eigenvalue weighted by Gasteiger charge is -2.17. The predicted molar refractivity (Wildman–Crippen MR) is 109 cm³/mol. The van der Waals surface area contributed by atoms with Crippen LogP contribution in [0, 0.1) is 0 Å². The minimum Gasteiger partial charge on any atom is -0.493 e. The van der Waals surface area contributed by atoms with Crippen molar-refractivity contribution in [2.45, 2.75) is 0 Å². The van der Waals surface area contributed by atoms with Crippen LogP contribution in [0.4, 0.5) is 11.4 Å². The van der Waals surface area contributed by atoms with Crippen molar-refractivity contribution in [3.8, 4) is 22.1 Å². The van der Waals surface area contributed by atoms with Crippen LogP contribution < -0.4 is 19.7 Å². The van der Waals surface area contributed by atoms with Crippen molar-refractivity contribution in [1.82, 2.24) is 4.98 Å². The summed E-state index contributed by atoms with van der Waals surface area (Å²) in [5.41, 5.74) is 2.91. The smallest absolute Gasteiger partial charge is 0.275 e. The molecule has 27 heavy (non-hydrogen) atoms. The van der Waals surface area contributed by atoms with Crippen LogP contribution in [0.15, 0.2) is 47.8 Å². The van der Waals surface area contributed by atoms with E-state index in [-0.39, 0.29) is 5.91 Å². The van der Waals surface area contributed by atoms with Crippen molar-refractivity contribution in [3.05, 3.63) is 53.5 Å². The summed E-state index contributed by atoms with van der Waals surface area (Å²) >= 11 is 1.41. The van der Waals surface area contributed by atoms with E-state index in [0.29, 0.717) is 17.2 Å². The molecular weight excluding hydrogens is 362 g/mol. The second-order valence-corrected chi connectivity index (χ2v) is 6.83. The summed E-state index contributed by atoms with van der Waals surface area (Å²) < 4.78 is 10.6. The van der Waals surface area contributed by atoms with Crippen molar-refractivity contribution >= 4 is 28.6 Å². The van der Waals surface area contributed by atoms with Gasteiger partial charge in [0.25, 0.3) is 5.91 Å². The van der Waals surface area contributed by atoms with E-state index in [4.69, 9.17) is 9.47 Å². The van der Waals surface area contributed by atoms with Crippen LogP contribution in [-0.4, -0.2) is 39.2 Å². The number of thiazole rings is 1. The van der Waals surface area contributed by atoms with Crippen LogP contribution in [0.1, 0.15) is 10.5 Å². The van der Waals surface area contributed by atoms with Crippen LogP contribution in [0.2, 0.25) is 0 Å². The highest BCUT2D eigenvalue weighted by atomic mass is 32.1. The van der Waals surface area contributed by atoms with E-state index in [1.54, 1.807) is 19.6 Å². The largest absolute Gasteiger partial charge is 0.493 e. The zero-order valence-corrected chi connectivity index (χ0v) is 16.5. The highest BCUT2D eigenvalue weighted by molar-refractivity contribution is 7.13. The molecule has 0 aliphatic heterocycles. The number of anilines is 2. The first-order valence-electron chi connectivity index (χ1n) is 8.29. The van der Waals surface area contributed by atoms with Crippen molar-refractivity contribution in [3.63, 3.8) is 0 Å². The Morgan fingerprint density at radius 3 is 2.52 bits per heavy atom. The summed E-state index contributed by atoms with van der Waals surface area (Å²) in [5, 5.41) is 5.42. The molecule has 0 bridgehead atoms. The summed E-state index contributed by atoms with van der Waals surface area (Å²) in [7, 11) is 7.05. The second kappa shape index (κ2) is 8.09. The number of amides is 1. The number of nitrogens with one attached hydrogen (secondary N) is 1. The number of hydrogen-bond acceptors (Lipinski definition) is 6. The molecule has 0 atom stereocenters. The standard InChI is InChI=1S/C20H21N3O3S/c1-23(2)16-8-6-5-7-14(16)21-19(24)15-12-27-20(22-15)13-9-10-17(25-3)18(11-13)26-4/h5-12H,1-4H3,(H,21,24). The lowest BCUT2D eigenvalue weighted by molar-refractivity contribution is 0.102. The Morgan fingerprint density at radius 2 is 1.81 bits per heavy atom.